The van der Waals surface area contributed by atoms with Gasteiger partial charge in [0.1, 0.15) is 5.82 Å². The summed E-state index contributed by atoms with van der Waals surface area (Å²) in [6.45, 7) is 0. The Morgan fingerprint density at radius 2 is 1.83 bits per heavy atom. The van der Waals surface area contributed by atoms with Crippen LogP contribution < -0.4 is 4.90 Å². The van der Waals surface area contributed by atoms with E-state index < -0.39 is 5.82 Å². The van der Waals surface area contributed by atoms with Crippen molar-refractivity contribution >= 4 is 29.2 Å². The highest BCUT2D eigenvalue weighted by molar-refractivity contribution is 6.33. The van der Waals surface area contributed by atoms with Gasteiger partial charge < -0.3 is 4.90 Å². The van der Waals surface area contributed by atoms with E-state index in [1.165, 1.54) is 18.2 Å². The van der Waals surface area contributed by atoms with Crippen molar-refractivity contribution in [3.63, 3.8) is 0 Å². The normalized spacial score (nSPS) is 10.5. The molecular weight excluding hydrogens is 278 g/mol. The molecule has 4 nitrogen and oxygen atoms in total. The largest absolute Gasteiger partial charge is 0.347 e. The van der Waals surface area contributed by atoms with Crippen molar-refractivity contribution in [3.8, 4) is 11.4 Å². The van der Waals surface area contributed by atoms with Crippen LogP contribution in [0.15, 0.2) is 18.2 Å². The molecule has 0 aliphatic heterocycles. The molecule has 0 spiro atoms. The second-order valence-corrected chi connectivity index (χ2v) is 4.49. The van der Waals surface area contributed by atoms with E-state index in [4.69, 9.17) is 23.2 Å². The van der Waals surface area contributed by atoms with Gasteiger partial charge in [-0.3, -0.25) is 0 Å². The van der Waals surface area contributed by atoms with E-state index in [9.17, 15) is 4.39 Å². The van der Waals surface area contributed by atoms with E-state index in [1.807, 2.05) is 0 Å². The van der Waals surface area contributed by atoms with Crippen LogP contribution >= 0.6 is 23.2 Å². The lowest BCUT2D eigenvalue weighted by Crippen LogP contribution is -2.14. The minimum Gasteiger partial charge on any atom is -0.347 e. The van der Waals surface area contributed by atoms with Crippen molar-refractivity contribution < 1.29 is 4.39 Å². The molecule has 2 aromatic rings. The smallest absolute Gasteiger partial charge is 0.229 e. The molecule has 0 fully saturated rings. The summed E-state index contributed by atoms with van der Waals surface area (Å²) in [6, 6.07) is 3.97. The van der Waals surface area contributed by atoms with Gasteiger partial charge >= 0.3 is 0 Å². The van der Waals surface area contributed by atoms with Crippen molar-refractivity contribution in [2.24, 2.45) is 0 Å². The highest BCUT2D eigenvalue weighted by Gasteiger charge is 2.12. The third-order valence-electron chi connectivity index (χ3n) is 2.17. The number of rotatable bonds is 2. The first-order valence-corrected chi connectivity index (χ1v) is 5.77. The fourth-order valence-corrected chi connectivity index (χ4v) is 1.69. The molecule has 94 valence electrons. The van der Waals surface area contributed by atoms with Gasteiger partial charge in [0.25, 0.3) is 0 Å². The van der Waals surface area contributed by atoms with E-state index in [0.717, 1.165) is 0 Å². The molecule has 0 aliphatic rings. The third-order valence-corrected chi connectivity index (χ3v) is 2.66. The number of aromatic nitrogens is 3. The van der Waals surface area contributed by atoms with Gasteiger partial charge in [-0.05, 0) is 29.8 Å². The Bertz CT molecular complexity index is 589. The van der Waals surface area contributed by atoms with Crippen LogP contribution in [0.1, 0.15) is 0 Å². The van der Waals surface area contributed by atoms with Gasteiger partial charge in [0, 0.05) is 19.7 Å². The maximum atomic E-state index is 13.2. The molecule has 2 rings (SSSR count). The molecule has 0 bridgehead atoms. The Balaban J connectivity index is 2.60. The fraction of sp³-hybridized carbons (Fsp3) is 0.182. The molecule has 18 heavy (non-hydrogen) atoms. The Morgan fingerprint density at radius 3 is 2.50 bits per heavy atom. The zero-order valence-electron chi connectivity index (χ0n) is 9.65. The van der Waals surface area contributed by atoms with Crippen LogP contribution in [0, 0.1) is 5.82 Å². The van der Waals surface area contributed by atoms with Crippen LogP contribution in [0.25, 0.3) is 11.4 Å². The van der Waals surface area contributed by atoms with E-state index in [-0.39, 0.29) is 11.1 Å². The molecule has 0 amide bonds. The molecule has 1 heterocycles. The van der Waals surface area contributed by atoms with Gasteiger partial charge in [-0.2, -0.15) is 15.0 Å². The average molecular weight is 287 g/mol. The number of halogens is 3. The molecule has 0 saturated heterocycles. The Hall–Kier alpha value is -1.46. The monoisotopic (exact) mass is 286 g/mol. The van der Waals surface area contributed by atoms with Crippen molar-refractivity contribution in [1.29, 1.82) is 0 Å². The van der Waals surface area contributed by atoms with Crippen molar-refractivity contribution in [2.75, 3.05) is 19.0 Å². The number of nitrogens with zero attached hydrogens (tertiary/aromatic N) is 4. The second-order valence-electron chi connectivity index (χ2n) is 3.75. The first kappa shape index (κ1) is 13.0. The molecule has 1 aromatic carbocycles. The van der Waals surface area contributed by atoms with E-state index in [2.05, 4.69) is 15.0 Å². The minimum atomic E-state index is -0.419. The van der Waals surface area contributed by atoms with Gasteiger partial charge in [-0.25, -0.2) is 4.39 Å². The van der Waals surface area contributed by atoms with Crippen LogP contribution in [-0.4, -0.2) is 29.0 Å². The number of hydrogen-bond acceptors (Lipinski definition) is 4. The first-order valence-electron chi connectivity index (χ1n) is 5.01. The maximum absolute atomic E-state index is 13.2. The topological polar surface area (TPSA) is 41.9 Å². The Labute approximate surface area is 113 Å². The predicted molar refractivity (Wildman–Crippen MR) is 69.6 cm³/mol. The van der Waals surface area contributed by atoms with Gasteiger partial charge in [-0.15, -0.1) is 0 Å². The van der Waals surface area contributed by atoms with E-state index in [1.54, 1.807) is 19.0 Å². The molecule has 0 unspecified atom stereocenters. The summed E-state index contributed by atoms with van der Waals surface area (Å²) in [5.41, 5.74) is 0.379. The molecule has 0 N–H and O–H groups in total. The molecular formula is C11H9Cl2FN4. The SMILES string of the molecule is CN(C)c1nc(Cl)nc(-c2cc(F)ccc2Cl)n1. The quantitative estimate of drug-likeness (QED) is 0.851. The lowest BCUT2D eigenvalue weighted by molar-refractivity contribution is 0.628. The van der Waals surface area contributed by atoms with Crippen molar-refractivity contribution in [1.82, 2.24) is 15.0 Å². The van der Waals surface area contributed by atoms with Crippen molar-refractivity contribution in [3.05, 3.63) is 34.3 Å². The molecule has 1 aromatic heterocycles. The molecule has 7 heteroatoms. The summed E-state index contributed by atoms with van der Waals surface area (Å²) in [4.78, 5) is 13.7. The van der Waals surface area contributed by atoms with Gasteiger partial charge in [0.05, 0.1) is 5.02 Å². The summed E-state index contributed by atoms with van der Waals surface area (Å²) < 4.78 is 13.2. The lowest BCUT2D eigenvalue weighted by Gasteiger charge is -2.11. The van der Waals surface area contributed by atoms with Gasteiger partial charge in [0.2, 0.25) is 11.2 Å². The highest BCUT2D eigenvalue weighted by atomic mass is 35.5. The second kappa shape index (κ2) is 5.04. The van der Waals surface area contributed by atoms with Gasteiger partial charge in [0.15, 0.2) is 5.82 Å². The summed E-state index contributed by atoms with van der Waals surface area (Å²) in [7, 11) is 3.53. The third kappa shape index (κ3) is 2.68. The maximum Gasteiger partial charge on any atom is 0.229 e. The standard InChI is InChI=1S/C11H9Cl2FN4/c1-18(2)11-16-9(15-10(13)17-11)7-5-6(14)3-4-8(7)12/h3-5H,1-2H3. The molecule has 0 radical (unpaired) electrons. The molecule has 0 saturated carbocycles. The Morgan fingerprint density at radius 1 is 1.11 bits per heavy atom. The van der Waals surface area contributed by atoms with Crippen LogP contribution in [-0.2, 0) is 0 Å². The summed E-state index contributed by atoms with van der Waals surface area (Å²) in [6.07, 6.45) is 0. The number of hydrogen-bond donors (Lipinski definition) is 0. The fourth-order valence-electron chi connectivity index (χ4n) is 1.33. The predicted octanol–water partition coefficient (Wildman–Crippen LogP) is 3.05. The van der Waals surface area contributed by atoms with Gasteiger partial charge in [-0.1, -0.05) is 11.6 Å². The van der Waals surface area contributed by atoms with E-state index >= 15 is 0 Å². The van der Waals surface area contributed by atoms with Crippen LogP contribution in [0.5, 0.6) is 0 Å². The molecule has 0 atom stereocenters. The summed E-state index contributed by atoms with van der Waals surface area (Å²) in [5.74, 6) is 0.200. The minimum absolute atomic E-state index is 0.0315. The first-order chi connectivity index (χ1) is 8.47. The summed E-state index contributed by atoms with van der Waals surface area (Å²) >= 11 is 11.8. The molecule has 0 aliphatic carbocycles. The zero-order chi connectivity index (χ0) is 13.3. The van der Waals surface area contributed by atoms with E-state index in [0.29, 0.717) is 16.5 Å². The van der Waals surface area contributed by atoms with Crippen LogP contribution in [0.2, 0.25) is 10.3 Å². The number of anilines is 1. The van der Waals surface area contributed by atoms with Crippen LogP contribution in [0.4, 0.5) is 10.3 Å². The summed E-state index contributed by atoms with van der Waals surface area (Å²) in [5, 5.41) is 0.382. The van der Waals surface area contributed by atoms with Crippen molar-refractivity contribution in [2.45, 2.75) is 0 Å². The van der Waals surface area contributed by atoms with Crippen LogP contribution in [0.3, 0.4) is 0 Å². The number of benzene rings is 1. The zero-order valence-corrected chi connectivity index (χ0v) is 11.2. The Kier molecular flexibility index (Phi) is 3.63. The highest BCUT2D eigenvalue weighted by Crippen LogP contribution is 2.27. The average Bonchev–Trinajstić information content (AvgIpc) is 2.31. The lowest BCUT2D eigenvalue weighted by atomic mass is 10.2.